The molecule has 0 atom stereocenters. The third-order valence-electron chi connectivity index (χ3n) is 2.12. The first-order valence-corrected chi connectivity index (χ1v) is 4.06. The summed E-state index contributed by atoms with van der Waals surface area (Å²) in [6.07, 6.45) is 3.02. The molecule has 0 heterocycles. The van der Waals surface area contributed by atoms with Gasteiger partial charge >= 0.3 is 32.4 Å². The van der Waals surface area contributed by atoms with Gasteiger partial charge in [-0.25, -0.2) is 0 Å². The summed E-state index contributed by atoms with van der Waals surface area (Å²) in [7, 11) is 3.16. The normalized spacial score (nSPS) is 17.2. The van der Waals surface area contributed by atoms with Crippen LogP contribution in [0.1, 0.15) is 0 Å². The van der Waals surface area contributed by atoms with E-state index in [-0.39, 0.29) is 36.7 Å². The molecule has 0 spiro atoms. The Kier molecular flexibility index (Phi) is 4.79. The summed E-state index contributed by atoms with van der Waals surface area (Å²) in [4.78, 5) is 0. The van der Waals surface area contributed by atoms with E-state index in [4.69, 9.17) is 0 Å². The third kappa shape index (κ3) is 4.10. The third-order valence-corrected chi connectivity index (χ3v) is 2.12. The van der Waals surface area contributed by atoms with Crippen LogP contribution in [0.15, 0.2) is 24.3 Å². The van der Waals surface area contributed by atoms with E-state index in [1.165, 1.54) is 0 Å². The van der Waals surface area contributed by atoms with Crippen LogP contribution in [0, 0.1) is 0 Å². The fraction of sp³-hybridized carbons (Fsp3) is 0.556. The molecule has 0 aliphatic heterocycles. The predicted molar refractivity (Wildman–Crippen MR) is 45.1 cm³/mol. The van der Waals surface area contributed by atoms with Crippen molar-refractivity contribution in [1.29, 1.82) is 0 Å². The number of halogens is 3. The van der Waals surface area contributed by atoms with E-state index in [0.717, 1.165) is 0 Å². The Balaban J connectivity index is 0.00000169. The second kappa shape index (κ2) is 4.76. The van der Waals surface area contributed by atoms with Gasteiger partial charge in [-0.15, -0.1) is 0 Å². The minimum atomic E-state index is -4.10. The molecule has 1 aliphatic rings. The van der Waals surface area contributed by atoms with Crippen LogP contribution in [-0.2, 0) is 26.2 Å². The molecule has 0 saturated heterocycles. The molecule has 0 aromatic carbocycles. The Morgan fingerprint density at radius 2 is 1.57 bits per heavy atom. The van der Waals surface area contributed by atoms with Crippen molar-refractivity contribution in [1.82, 2.24) is 0 Å². The predicted octanol–water partition coefficient (Wildman–Crippen LogP) is 2.12. The molecule has 0 fully saturated rings. The molecule has 14 heavy (non-hydrogen) atoms. The van der Waals surface area contributed by atoms with E-state index in [1.54, 1.807) is 38.4 Å². The van der Waals surface area contributed by atoms with E-state index in [1.807, 2.05) is 0 Å². The average molecular weight is 283 g/mol. The fourth-order valence-corrected chi connectivity index (χ4v) is 1.45. The van der Waals surface area contributed by atoms with Crippen molar-refractivity contribution < 1.29 is 43.9 Å². The molecule has 0 amide bonds. The van der Waals surface area contributed by atoms with Gasteiger partial charge in [0.2, 0.25) is 0 Å². The number of hydrogen-bond acceptors (Lipinski definition) is 0. The first-order valence-electron chi connectivity index (χ1n) is 4.06. The second-order valence-electron chi connectivity index (χ2n) is 3.81. The largest absolute Gasteiger partial charge is 4.00 e. The van der Waals surface area contributed by atoms with Crippen LogP contribution in [0.3, 0.4) is 0 Å². The summed E-state index contributed by atoms with van der Waals surface area (Å²) in [6, 6.07) is -0.151. The summed E-state index contributed by atoms with van der Waals surface area (Å²) in [6.45, 7) is -0.799. The minimum absolute atomic E-state index is 0. The van der Waals surface area contributed by atoms with Crippen LogP contribution in [0.25, 0.3) is 0 Å². The Morgan fingerprint density at radius 1 is 1.14 bits per heavy atom. The maximum atomic E-state index is 12.1. The van der Waals surface area contributed by atoms with Crippen molar-refractivity contribution >= 4 is 0 Å². The van der Waals surface area contributed by atoms with Crippen LogP contribution < -0.4 is 0 Å². The molecule has 1 nitrogen and oxygen atoms in total. The zero-order valence-corrected chi connectivity index (χ0v) is 10.6. The smallest absolute Gasteiger partial charge is 0.312 e. The maximum Gasteiger partial charge on any atom is 4.00 e. The van der Waals surface area contributed by atoms with E-state index in [2.05, 4.69) is 0 Å². The second-order valence-corrected chi connectivity index (χ2v) is 3.81. The van der Waals surface area contributed by atoms with Crippen molar-refractivity contribution in [2.75, 3.05) is 20.6 Å². The quantitative estimate of drug-likeness (QED) is 0.681. The molecule has 0 aromatic heterocycles. The molecular formula is C9H13F3NZr+5. The molecule has 0 saturated carbocycles. The molecule has 0 aromatic rings. The van der Waals surface area contributed by atoms with Crippen molar-refractivity contribution in [2.45, 2.75) is 12.2 Å². The van der Waals surface area contributed by atoms with Gasteiger partial charge in [0.05, 0.1) is 14.1 Å². The number of quaternary nitrogens is 1. The van der Waals surface area contributed by atoms with Crippen molar-refractivity contribution in [3.63, 3.8) is 0 Å². The van der Waals surface area contributed by atoms with E-state index < -0.39 is 12.7 Å². The number of alkyl halides is 3. The SMILES string of the molecule is C[N+](C)(CC(F)(F)F)C1C=CC=C1.[Zr+4]. The van der Waals surface area contributed by atoms with Gasteiger partial charge in [0.25, 0.3) is 0 Å². The summed E-state index contributed by atoms with van der Waals surface area (Å²) in [5.41, 5.74) is 0. The number of allylic oxidation sites excluding steroid dienone is 2. The summed E-state index contributed by atoms with van der Waals surface area (Å²) in [5, 5.41) is 0. The Morgan fingerprint density at radius 3 is 1.93 bits per heavy atom. The molecule has 0 radical (unpaired) electrons. The summed E-state index contributed by atoms with van der Waals surface area (Å²) >= 11 is 0. The monoisotopic (exact) mass is 282 g/mol. The van der Waals surface area contributed by atoms with Gasteiger partial charge in [0.15, 0.2) is 6.54 Å². The molecule has 0 N–H and O–H groups in total. The van der Waals surface area contributed by atoms with Gasteiger partial charge in [0.1, 0.15) is 6.04 Å². The van der Waals surface area contributed by atoms with Crippen LogP contribution >= 0.6 is 0 Å². The van der Waals surface area contributed by atoms with E-state index in [0.29, 0.717) is 0 Å². The molecule has 0 unspecified atom stereocenters. The van der Waals surface area contributed by atoms with Crippen molar-refractivity contribution in [2.24, 2.45) is 0 Å². The number of nitrogens with zero attached hydrogens (tertiary/aromatic N) is 1. The van der Waals surface area contributed by atoms with Crippen molar-refractivity contribution in [3.05, 3.63) is 24.3 Å². The molecule has 1 aliphatic carbocycles. The van der Waals surface area contributed by atoms with Gasteiger partial charge in [-0.3, -0.25) is 0 Å². The molecule has 0 bridgehead atoms. The van der Waals surface area contributed by atoms with Gasteiger partial charge in [-0.1, -0.05) is 12.2 Å². The Hall–Kier alpha value is 0.113. The van der Waals surface area contributed by atoms with Gasteiger partial charge in [-0.2, -0.15) is 13.2 Å². The first kappa shape index (κ1) is 14.1. The van der Waals surface area contributed by atoms with Gasteiger partial charge in [-0.05, 0) is 12.2 Å². The first-order chi connectivity index (χ1) is 5.81. The maximum absolute atomic E-state index is 12.1. The number of hydrogen-bond donors (Lipinski definition) is 0. The summed E-state index contributed by atoms with van der Waals surface area (Å²) < 4.78 is 36.3. The van der Waals surface area contributed by atoms with Crippen LogP contribution in [0.4, 0.5) is 13.2 Å². The Labute approximate surface area is 101 Å². The Bertz CT molecular complexity index is 231. The molecule has 74 valence electrons. The van der Waals surface area contributed by atoms with Crippen molar-refractivity contribution in [3.8, 4) is 0 Å². The zero-order valence-electron chi connectivity index (χ0n) is 8.17. The van der Waals surface area contributed by atoms with Gasteiger partial charge in [0, 0.05) is 0 Å². The van der Waals surface area contributed by atoms with Crippen LogP contribution in [0.2, 0.25) is 0 Å². The summed E-state index contributed by atoms with van der Waals surface area (Å²) in [5.74, 6) is 0. The van der Waals surface area contributed by atoms with Crippen LogP contribution in [0.5, 0.6) is 0 Å². The fourth-order valence-electron chi connectivity index (χ4n) is 1.45. The van der Waals surface area contributed by atoms with E-state index in [9.17, 15) is 13.2 Å². The van der Waals surface area contributed by atoms with Gasteiger partial charge < -0.3 is 4.48 Å². The average Bonchev–Trinajstić information content (AvgIpc) is 2.29. The minimum Gasteiger partial charge on any atom is -0.312 e. The molecule has 1 rings (SSSR count). The zero-order chi connectivity index (χ0) is 10.1. The molecular weight excluding hydrogens is 270 g/mol. The number of rotatable bonds is 2. The molecule has 5 heteroatoms. The standard InChI is InChI=1S/C9H13F3N.Zr/c1-13(2,7-9(10,11)12)8-5-3-4-6-8;/h3-6,8H,7H2,1-2H3;/q+1;+4. The van der Waals surface area contributed by atoms with E-state index >= 15 is 0 Å². The number of likely N-dealkylation sites (N-methyl/N-ethyl adjacent to an activating group) is 1. The van der Waals surface area contributed by atoms with Crippen LogP contribution in [-0.4, -0.2) is 37.3 Å². The topological polar surface area (TPSA) is 0 Å².